The number of nitrogens with one attached hydrogen (secondary N) is 1. The molecular formula is C17H25N3O. The highest BCUT2D eigenvalue weighted by atomic mass is 16.5. The largest absolute Gasteiger partial charge is 0.494 e. The van der Waals surface area contributed by atoms with Crippen molar-refractivity contribution in [2.75, 3.05) is 6.61 Å². The molecule has 0 saturated heterocycles. The van der Waals surface area contributed by atoms with E-state index in [1.807, 2.05) is 36.1 Å². The Balaban J connectivity index is 1.72. The van der Waals surface area contributed by atoms with Gasteiger partial charge in [-0.25, -0.2) is 0 Å². The van der Waals surface area contributed by atoms with E-state index < -0.39 is 0 Å². The molecule has 0 atom stereocenters. The highest BCUT2D eigenvalue weighted by molar-refractivity contribution is 5.27. The standard InChI is InChI=1S/C17H25N3O/c1-14(2)9-11-21-17-6-4-15(5-7-17)12-18-13-16-8-10-20(3)19-16/h4-8,10,14,18H,9,11-13H2,1-3H3. The molecule has 4 heteroatoms. The van der Waals surface area contributed by atoms with Gasteiger partial charge in [0.05, 0.1) is 12.3 Å². The maximum atomic E-state index is 5.72. The van der Waals surface area contributed by atoms with Gasteiger partial charge in [0.1, 0.15) is 5.75 Å². The average Bonchev–Trinajstić information content (AvgIpc) is 2.86. The molecule has 1 N–H and O–H groups in total. The van der Waals surface area contributed by atoms with Gasteiger partial charge in [-0.3, -0.25) is 4.68 Å². The molecule has 4 nitrogen and oxygen atoms in total. The third kappa shape index (κ3) is 5.60. The second-order valence-electron chi connectivity index (χ2n) is 5.76. The van der Waals surface area contributed by atoms with E-state index in [9.17, 15) is 0 Å². The molecule has 21 heavy (non-hydrogen) atoms. The van der Waals surface area contributed by atoms with Gasteiger partial charge in [-0.05, 0) is 36.1 Å². The van der Waals surface area contributed by atoms with Gasteiger partial charge in [0.15, 0.2) is 0 Å². The Morgan fingerprint density at radius 2 is 1.90 bits per heavy atom. The second-order valence-corrected chi connectivity index (χ2v) is 5.76. The zero-order chi connectivity index (χ0) is 15.1. The minimum Gasteiger partial charge on any atom is -0.494 e. The topological polar surface area (TPSA) is 39.1 Å². The molecule has 114 valence electrons. The molecule has 0 aliphatic carbocycles. The SMILES string of the molecule is CC(C)CCOc1ccc(CNCc2ccn(C)n2)cc1. The molecule has 0 amide bonds. The van der Waals surface area contributed by atoms with Crippen LogP contribution in [0.5, 0.6) is 5.75 Å². The highest BCUT2D eigenvalue weighted by Gasteiger charge is 1.99. The van der Waals surface area contributed by atoms with Gasteiger partial charge in [-0.1, -0.05) is 26.0 Å². The minimum atomic E-state index is 0.681. The Kier molecular flexibility index (Phi) is 5.81. The summed E-state index contributed by atoms with van der Waals surface area (Å²) in [6.07, 6.45) is 3.05. The van der Waals surface area contributed by atoms with Gasteiger partial charge in [0.25, 0.3) is 0 Å². The van der Waals surface area contributed by atoms with Gasteiger partial charge < -0.3 is 10.1 Å². The maximum Gasteiger partial charge on any atom is 0.119 e. The first-order chi connectivity index (χ1) is 10.1. The lowest BCUT2D eigenvalue weighted by Gasteiger charge is -2.09. The van der Waals surface area contributed by atoms with Gasteiger partial charge in [-0.15, -0.1) is 0 Å². The lowest BCUT2D eigenvalue weighted by Crippen LogP contribution is -2.13. The molecule has 0 aliphatic heterocycles. The monoisotopic (exact) mass is 287 g/mol. The third-order valence-electron chi connectivity index (χ3n) is 3.29. The van der Waals surface area contributed by atoms with Crippen LogP contribution in [0.1, 0.15) is 31.5 Å². The van der Waals surface area contributed by atoms with Gasteiger partial charge in [0, 0.05) is 26.3 Å². The number of rotatable bonds is 8. The Hall–Kier alpha value is -1.81. The molecule has 2 aromatic rings. The zero-order valence-electron chi connectivity index (χ0n) is 13.2. The predicted octanol–water partition coefficient (Wildman–Crippen LogP) is 3.13. The first-order valence-electron chi connectivity index (χ1n) is 7.54. The van der Waals surface area contributed by atoms with Crippen molar-refractivity contribution in [1.29, 1.82) is 0 Å². The second kappa shape index (κ2) is 7.84. The van der Waals surface area contributed by atoms with Crippen LogP contribution >= 0.6 is 0 Å². The molecular weight excluding hydrogens is 262 g/mol. The van der Waals surface area contributed by atoms with Crippen molar-refractivity contribution in [2.24, 2.45) is 13.0 Å². The number of ether oxygens (including phenoxy) is 1. The molecule has 0 bridgehead atoms. The van der Waals surface area contributed by atoms with E-state index in [1.165, 1.54) is 5.56 Å². The molecule has 0 fully saturated rings. The Morgan fingerprint density at radius 1 is 1.14 bits per heavy atom. The van der Waals surface area contributed by atoms with E-state index in [2.05, 4.69) is 36.4 Å². The van der Waals surface area contributed by atoms with Crippen LogP contribution in [-0.4, -0.2) is 16.4 Å². The quantitative estimate of drug-likeness (QED) is 0.810. The number of aryl methyl sites for hydroxylation is 1. The van der Waals surface area contributed by atoms with Crippen LogP contribution in [0.2, 0.25) is 0 Å². The summed E-state index contributed by atoms with van der Waals surface area (Å²) >= 11 is 0. The van der Waals surface area contributed by atoms with E-state index in [0.717, 1.165) is 37.6 Å². The van der Waals surface area contributed by atoms with Crippen LogP contribution in [0.25, 0.3) is 0 Å². The van der Waals surface area contributed by atoms with E-state index in [0.29, 0.717) is 5.92 Å². The molecule has 0 unspecified atom stereocenters. The van der Waals surface area contributed by atoms with Crippen molar-refractivity contribution in [1.82, 2.24) is 15.1 Å². The van der Waals surface area contributed by atoms with Crippen LogP contribution < -0.4 is 10.1 Å². The normalized spacial score (nSPS) is 11.0. The number of nitrogens with zero attached hydrogens (tertiary/aromatic N) is 2. The Labute approximate surface area is 127 Å². The first kappa shape index (κ1) is 15.6. The van der Waals surface area contributed by atoms with Crippen LogP contribution in [0.15, 0.2) is 36.5 Å². The zero-order valence-corrected chi connectivity index (χ0v) is 13.2. The van der Waals surface area contributed by atoms with Crippen LogP contribution in [0, 0.1) is 5.92 Å². The number of aromatic nitrogens is 2. The summed E-state index contributed by atoms with van der Waals surface area (Å²) in [7, 11) is 1.93. The molecule has 1 heterocycles. The Morgan fingerprint density at radius 3 is 2.52 bits per heavy atom. The fourth-order valence-corrected chi connectivity index (χ4v) is 2.01. The van der Waals surface area contributed by atoms with Crippen molar-refractivity contribution in [3.8, 4) is 5.75 Å². The summed E-state index contributed by atoms with van der Waals surface area (Å²) in [5, 5.41) is 7.73. The van der Waals surface area contributed by atoms with Gasteiger partial charge in [-0.2, -0.15) is 5.10 Å². The van der Waals surface area contributed by atoms with Crippen molar-refractivity contribution in [3.63, 3.8) is 0 Å². The summed E-state index contributed by atoms with van der Waals surface area (Å²) in [4.78, 5) is 0. The number of benzene rings is 1. The molecule has 1 aromatic carbocycles. The molecule has 0 spiro atoms. The van der Waals surface area contributed by atoms with Gasteiger partial charge in [0.2, 0.25) is 0 Å². The molecule has 0 radical (unpaired) electrons. The number of hydrogen-bond donors (Lipinski definition) is 1. The third-order valence-corrected chi connectivity index (χ3v) is 3.29. The van der Waals surface area contributed by atoms with E-state index >= 15 is 0 Å². The minimum absolute atomic E-state index is 0.681. The first-order valence-corrected chi connectivity index (χ1v) is 7.54. The van der Waals surface area contributed by atoms with Crippen molar-refractivity contribution in [2.45, 2.75) is 33.4 Å². The molecule has 2 rings (SSSR count). The summed E-state index contributed by atoms with van der Waals surface area (Å²) < 4.78 is 7.53. The van der Waals surface area contributed by atoms with E-state index in [-0.39, 0.29) is 0 Å². The summed E-state index contributed by atoms with van der Waals surface area (Å²) in [5.41, 5.74) is 2.31. The van der Waals surface area contributed by atoms with Crippen LogP contribution in [-0.2, 0) is 20.1 Å². The summed E-state index contributed by atoms with van der Waals surface area (Å²) in [6, 6.07) is 10.3. The highest BCUT2D eigenvalue weighted by Crippen LogP contribution is 2.13. The summed E-state index contributed by atoms with van der Waals surface area (Å²) in [5.74, 6) is 1.63. The van der Waals surface area contributed by atoms with Crippen molar-refractivity contribution >= 4 is 0 Å². The van der Waals surface area contributed by atoms with Crippen molar-refractivity contribution in [3.05, 3.63) is 47.8 Å². The smallest absolute Gasteiger partial charge is 0.119 e. The lowest BCUT2D eigenvalue weighted by molar-refractivity contribution is 0.289. The van der Waals surface area contributed by atoms with Crippen LogP contribution in [0.4, 0.5) is 0 Å². The molecule has 1 aromatic heterocycles. The van der Waals surface area contributed by atoms with E-state index in [4.69, 9.17) is 4.74 Å². The van der Waals surface area contributed by atoms with Gasteiger partial charge >= 0.3 is 0 Å². The maximum absolute atomic E-state index is 5.72. The number of hydrogen-bond acceptors (Lipinski definition) is 3. The lowest BCUT2D eigenvalue weighted by atomic mass is 10.1. The fourth-order valence-electron chi connectivity index (χ4n) is 2.01. The predicted molar refractivity (Wildman–Crippen MR) is 85.1 cm³/mol. The van der Waals surface area contributed by atoms with Crippen molar-refractivity contribution < 1.29 is 4.74 Å². The fraction of sp³-hybridized carbons (Fsp3) is 0.471. The van der Waals surface area contributed by atoms with E-state index in [1.54, 1.807) is 0 Å². The molecule has 0 saturated carbocycles. The van der Waals surface area contributed by atoms with Crippen LogP contribution in [0.3, 0.4) is 0 Å². The molecule has 0 aliphatic rings. The average molecular weight is 287 g/mol. The summed E-state index contributed by atoms with van der Waals surface area (Å²) in [6.45, 7) is 6.82. The Bertz CT molecular complexity index is 531.